The number of amides is 1. The van der Waals surface area contributed by atoms with Crippen LogP contribution in [0.3, 0.4) is 0 Å². The lowest BCUT2D eigenvalue weighted by Gasteiger charge is -2.08. The third-order valence-electron chi connectivity index (χ3n) is 2.54. The summed E-state index contributed by atoms with van der Waals surface area (Å²) in [6, 6.07) is 6.41. The van der Waals surface area contributed by atoms with E-state index in [2.05, 4.69) is 16.9 Å². The van der Waals surface area contributed by atoms with E-state index in [0.29, 0.717) is 11.4 Å². The summed E-state index contributed by atoms with van der Waals surface area (Å²) >= 11 is 0. The highest BCUT2D eigenvalue weighted by molar-refractivity contribution is 5.86. The van der Waals surface area contributed by atoms with Crippen LogP contribution in [0.25, 0.3) is 0 Å². The Kier molecular flexibility index (Phi) is 4.61. The number of benzene rings is 1. The summed E-state index contributed by atoms with van der Waals surface area (Å²) in [5, 5.41) is 2.57. The first-order valence-corrected chi connectivity index (χ1v) is 6.06. The summed E-state index contributed by atoms with van der Waals surface area (Å²) < 4.78 is 31.3. The predicted molar refractivity (Wildman–Crippen MR) is 72.7 cm³/mol. The number of nitrogens with zero attached hydrogens (tertiary/aromatic N) is 1. The Balaban J connectivity index is 2.08. The van der Waals surface area contributed by atoms with Gasteiger partial charge in [0.1, 0.15) is 11.5 Å². The molecular formula is C15H12F2N2O2. The van der Waals surface area contributed by atoms with Crippen LogP contribution in [-0.4, -0.2) is 10.9 Å². The molecule has 0 saturated carbocycles. The van der Waals surface area contributed by atoms with Crippen molar-refractivity contribution in [2.75, 3.05) is 0 Å². The van der Waals surface area contributed by atoms with Crippen molar-refractivity contribution in [1.82, 2.24) is 10.3 Å². The highest BCUT2D eigenvalue weighted by Crippen LogP contribution is 2.23. The molecule has 2 aromatic rings. The Bertz CT molecular complexity index is 674. The Morgan fingerprint density at radius 2 is 2.00 bits per heavy atom. The molecule has 0 radical (unpaired) electrons. The van der Waals surface area contributed by atoms with E-state index in [0.717, 1.165) is 18.2 Å². The van der Waals surface area contributed by atoms with Gasteiger partial charge in [0.2, 0.25) is 5.91 Å². The van der Waals surface area contributed by atoms with Crippen LogP contribution in [-0.2, 0) is 11.3 Å². The molecular weight excluding hydrogens is 278 g/mol. The summed E-state index contributed by atoms with van der Waals surface area (Å²) in [5.74, 6) is -1.67. The summed E-state index contributed by atoms with van der Waals surface area (Å²) in [4.78, 5) is 15.1. The molecule has 2 rings (SSSR count). The second kappa shape index (κ2) is 6.60. The third-order valence-corrected chi connectivity index (χ3v) is 2.54. The quantitative estimate of drug-likeness (QED) is 0.861. The van der Waals surface area contributed by atoms with Gasteiger partial charge < -0.3 is 10.1 Å². The molecule has 0 atom stereocenters. The van der Waals surface area contributed by atoms with Crippen molar-refractivity contribution in [1.29, 1.82) is 0 Å². The average molecular weight is 290 g/mol. The highest BCUT2D eigenvalue weighted by atomic mass is 19.2. The lowest BCUT2D eigenvalue weighted by molar-refractivity contribution is -0.116. The lowest BCUT2D eigenvalue weighted by Crippen LogP contribution is -2.20. The number of carbonyl (C=O) groups is 1. The minimum Gasteiger partial charge on any atom is -0.457 e. The molecule has 0 saturated heterocycles. The number of hydrogen-bond acceptors (Lipinski definition) is 3. The molecule has 1 aromatic heterocycles. The van der Waals surface area contributed by atoms with Crippen LogP contribution < -0.4 is 10.1 Å². The molecule has 0 bridgehead atoms. The van der Waals surface area contributed by atoms with E-state index in [1.807, 2.05) is 0 Å². The SMILES string of the molecule is C=CC(=O)NCc1cc(Oc2ccc(F)c(F)c2)ccn1. The van der Waals surface area contributed by atoms with Crippen molar-refractivity contribution < 1.29 is 18.3 Å². The molecule has 0 spiro atoms. The first kappa shape index (κ1) is 14.6. The van der Waals surface area contributed by atoms with E-state index in [-0.39, 0.29) is 18.2 Å². The molecule has 21 heavy (non-hydrogen) atoms. The monoisotopic (exact) mass is 290 g/mol. The second-order valence-corrected chi connectivity index (χ2v) is 4.08. The van der Waals surface area contributed by atoms with Crippen molar-refractivity contribution in [2.45, 2.75) is 6.54 Å². The van der Waals surface area contributed by atoms with Crippen LogP contribution in [0.1, 0.15) is 5.69 Å². The maximum atomic E-state index is 13.1. The van der Waals surface area contributed by atoms with Crippen LogP contribution in [0, 0.1) is 11.6 Å². The summed E-state index contributed by atoms with van der Waals surface area (Å²) in [5.41, 5.74) is 0.560. The molecule has 0 fully saturated rings. The van der Waals surface area contributed by atoms with Crippen molar-refractivity contribution >= 4 is 5.91 Å². The molecule has 4 nitrogen and oxygen atoms in total. The number of pyridine rings is 1. The number of ether oxygens (including phenoxy) is 1. The Labute approximate surface area is 120 Å². The molecule has 6 heteroatoms. The first-order valence-electron chi connectivity index (χ1n) is 6.06. The molecule has 108 valence electrons. The molecule has 1 heterocycles. The van der Waals surface area contributed by atoms with Gasteiger partial charge in [0.05, 0.1) is 12.2 Å². The van der Waals surface area contributed by atoms with Crippen LogP contribution >= 0.6 is 0 Å². The molecule has 1 amide bonds. The van der Waals surface area contributed by atoms with Crippen molar-refractivity contribution in [3.8, 4) is 11.5 Å². The molecule has 1 aromatic carbocycles. The molecule has 0 aliphatic carbocycles. The van der Waals surface area contributed by atoms with E-state index in [4.69, 9.17) is 4.74 Å². The Morgan fingerprint density at radius 1 is 1.24 bits per heavy atom. The molecule has 0 aliphatic heterocycles. The number of hydrogen-bond donors (Lipinski definition) is 1. The van der Waals surface area contributed by atoms with Crippen LogP contribution in [0.4, 0.5) is 8.78 Å². The topological polar surface area (TPSA) is 51.2 Å². The lowest BCUT2D eigenvalue weighted by atomic mass is 10.3. The second-order valence-electron chi connectivity index (χ2n) is 4.08. The number of nitrogens with one attached hydrogen (secondary N) is 1. The van der Waals surface area contributed by atoms with Gasteiger partial charge in [-0.05, 0) is 24.3 Å². The van der Waals surface area contributed by atoms with Crippen LogP contribution in [0.2, 0.25) is 0 Å². The van der Waals surface area contributed by atoms with Crippen molar-refractivity contribution in [3.05, 3.63) is 66.5 Å². The van der Waals surface area contributed by atoms with E-state index in [9.17, 15) is 13.6 Å². The number of halogens is 2. The van der Waals surface area contributed by atoms with E-state index in [1.54, 1.807) is 12.1 Å². The standard InChI is InChI=1S/C15H12F2N2O2/c1-2-15(20)19-9-10-7-12(5-6-18-10)21-11-3-4-13(16)14(17)8-11/h2-8H,1,9H2,(H,19,20). The number of carbonyl (C=O) groups excluding carboxylic acids is 1. The van der Waals surface area contributed by atoms with Gasteiger partial charge in [-0.2, -0.15) is 0 Å². The van der Waals surface area contributed by atoms with Gasteiger partial charge in [-0.25, -0.2) is 8.78 Å². The average Bonchev–Trinajstić information content (AvgIpc) is 2.49. The summed E-state index contributed by atoms with van der Waals surface area (Å²) in [7, 11) is 0. The van der Waals surface area contributed by atoms with Crippen LogP contribution in [0.15, 0.2) is 49.2 Å². The van der Waals surface area contributed by atoms with Gasteiger partial charge in [-0.15, -0.1) is 0 Å². The zero-order chi connectivity index (χ0) is 15.2. The predicted octanol–water partition coefficient (Wildman–Crippen LogP) is 2.95. The number of aromatic nitrogens is 1. The fraction of sp³-hybridized carbons (Fsp3) is 0.0667. The first-order chi connectivity index (χ1) is 10.1. The fourth-order valence-corrected chi connectivity index (χ4v) is 1.54. The zero-order valence-corrected chi connectivity index (χ0v) is 11.0. The molecule has 1 N–H and O–H groups in total. The number of rotatable bonds is 5. The smallest absolute Gasteiger partial charge is 0.243 e. The maximum absolute atomic E-state index is 13.1. The zero-order valence-electron chi connectivity index (χ0n) is 11.0. The maximum Gasteiger partial charge on any atom is 0.243 e. The minimum atomic E-state index is -0.986. The highest BCUT2D eigenvalue weighted by Gasteiger charge is 2.05. The molecule has 0 unspecified atom stereocenters. The van der Waals surface area contributed by atoms with Gasteiger partial charge >= 0.3 is 0 Å². The molecule has 0 aliphatic rings. The minimum absolute atomic E-state index is 0.168. The van der Waals surface area contributed by atoms with Crippen molar-refractivity contribution in [2.24, 2.45) is 0 Å². The third kappa shape index (κ3) is 4.10. The van der Waals surface area contributed by atoms with Gasteiger partial charge in [-0.3, -0.25) is 9.78 Å². The Hall–Kier alpha value is -2.76. The van der Waals surface area contributed by atoms with Gasteiger partial charge in [0, 0.05) is 18.3 Å². The van der Waals surface area contributed by atoms with Gasteiger partial charge in [0.15, 0.2) is 11.6 Å². The van der Waals surface area contributed by atoms with Gasteiger partial charge in [0.25, 0.3) is 0 Å². The fourth-order valence-electron chi connectivity index (χ4n) is 1.54. The van der Waals surface area contributed by atoms with E-state index < -0.39 is 11.6 Å². The Morgan fingerprint density at radius 3 is 2.71 bits per heavy atom. The summed E-state index contributed by atoms with van der Waals surface area (Å²) in [6.07, 6.45) is 2.65. The van der Waals surface area contributed by atoms with Gasteiger partial charge in [-0.1, -0.05) is 6.58 Å². The summed E-state index contributed by atoms with van der Waals surface area (Å²) in [6.45, 7) is 3.55. The normalized spacial score (nSPS) is 10.0. The van der Waals surface area contributed by atoms with E-state index >= 15 is 0 Å². The van der Waals surface area contributed by atoms with Crippen LogP contribution in [0.5, 0.6) is 11.5 Å². The largest absolute Gasteiger partial charge is 0.457 e. The van der Waals surface area contributed by atoms with E-state index in [1.165, 1.54) is 12.3 Å². The van der Waals surface area contributed by atoms with Crippen molar-refractivity contribution in [3.63, 3.8) is 0 Å².